The van der Waals surface area contributed by atoms with Gasteiger partial charge in [-0.15, -0.1) is 0 Å². The molecule has 0 saturated heterocycles. The molecule has 0 aliphatic heterocycles. The number of halogens is 2. The van der Waals surface area contributed by atoms with Crippen molar-refractivity contribution in [3.63, 3.8) is 0 Å². The summed E-state index contributed by atoms with van der Waals surface area (Å²) in [6, 6.07) is 11.6. The number of carbonyl (C=O) groups is 2. The number of nitrogens with one attached hydrogen (secondary N) is 2. The summed E-state index contributed by atoms with van der Waals surface area (Å²) < 4.78 is 11.4. The van der Waals surface area contributed by atoms with Crippen LogP contribution >= 0.6 is 34.2 Å². The van der Waals surface area contributed by atoms with Crippen molar-refractivity contribution in [2.75, 3.05) is 7.11 Å². The van der Waals surface area contributed by atoms with Crippen molar-refractivity contribution in [1.82, 2.24) is 10.9 Å². The second kappa shape index (κ2) is 8.91. The molecule has 0 spiro atoms. The van der Waals surface area contributed by atoms with Gasteiger partial charge in [0.05, 0.1) is 10.7 Å². The summed E-state index contributed by atoms with van der Waals surface area (Å²) in [6.07, 6.45) is -0.794. The molecule has 0 aliphatic rings. The number of rotatable bonds is 5. The third kappa shape index (κ3) is 5.50. The lowest BCUT2D eigenvalue weighted by atomic mass is 10.2. The van der Waals surface area contributed by atoms with Gasteiger partial charge >= 0.3 is 0 Å². The van der Waals surface area contributed by atoms with Gasteiger partial charge in [-0.25, -0.2) is 0 Å². The molecule has 1 atom stereocenters. The van der Waals surface area contributed by atoms with E-state index in [9.17, 15) is 9.59 Å². The van der Waals surface area contributed by atoms with Crippen molar-refractivity contribution < 1.29 is 19.1 Å². The maximum absolute atomic E-state index is 12.1. The van der Waals surface area contributed by atoms with Gasteiger partial charge < -0.3 is 9.47 Å². The van der Waals surface area contributed by atoms with Gasteiger partial charge in [-0.2, -0.15) is 0 Å². The normalized spacial score (nSPS) is 11.4. The Bertz CT molecular complexity index is 768. The van der Waals surface area contributed by atoms with E-state index in [0.717, 1.165) is 3.57 Å². The van der Waals surface area contributed by atoms with Crippen LogP contribution < -0.4 is 20.3 Å². The van der Waals surface area contributed by atoms with Crippen LogP contribution in [0, 0.1) is 3.57 Å². The maximum atomic E-state index is 12.1. The van der Waals surface area contributed by atoms with Crippen molar-refractivity contribution in [2.24, 2.45) is 0 Å². The van der Waals surface area contributed by atoms with Gasteiger partial charge in [0.15, 0.2) is 6.10 Å². The second-order valence-electron chi connectivity index (χ2n) is 5.01. The van der Waals surface area contributed by atoms with Gasteiger partial charge in [-0.1, -0.05) is 11.6 Å². The fourth-order valence-corrected chi connectivity index (χ4v) is 2.73. The molecule has 0 fully saturated rings. The van der Waals surface area contributed by atoms with E-state index in [-0.39, 0.29) is 0 Å². The molecule has 132 valence electrons. The minimum atomic E-state index is -0.794. The Balaban J connectivity index is 1.89. The standard InChI is InChI=1S/C17H16ClIN2O4/c1-10(25-13-6-4-12(18)5-7-13)16(22)20-21-17(23)11-3-8-15(24-2)14(19)9-11/h3-10H,1-2H3,(H,20,22)(H,21,23). The predicted molar refractivity (Wildman–Crippen MR) is 103 cm³/mol. The Morgan fingerprint density at radius 2 is 1.80 bits per heavy atom. The SMILES string of the molecule is COc1ccc(C(=O)NNC(=O)C(C)Oc2ccc(Cl)cc2)cc1I. The van der Waals surface area contributed by atoms with Crippen LogP contribution in [-0.2, 0) is 4.79 Å². The van der Waals surface area contributed by atoms with Crippen LogP contribution in [0.25, 0.3) is 0 Å². The topological polar surface area (TPSA) is 76.7 Å². The number of hydrazine groups is 1. The van der Waals surface area contributed by atoms with Crippen LogP contribution in [0.5, 0.6) is 11.5 Å². The first-order valence-corrected chi connectivity index (χ1v) is 8.72. The Labute approximate surface area is 163 Å². The van der Waals surface area contributed by atoms with E-state index in [1.807, 2.05) is 0 Å². The first-order chi connectivity index (χ1) is 11.9. The number of methoxy groups -OCH3 is 1. The van der Waals surface area contributed by atoms with Gasteiger partial charge in [0.2, 0.25) is 0 Å². The van der Waals surface area contributed by atoms with Crippen molar-refractivity contribution in [3.05, 3.63) is 56.6 Å². The van der Waals surface area contributed by atoms with Crippen LogP contribution in [0.1, 0.15) is 17.3 Å². The summed E-state index contributed by atoms with van der Waals surface area (Å²) in [7, 11) is 1.56. The first-order valence-electron chi connectivity index (χ1n) is 7.26. The highest BCUT2D eigenvalue weighted by molar-refractivity contribution is 14.1. The summed E-state index contributed by atoms with van der Waals surface area (Å²) >= 11 is 7.86. The molecule has 2 amide bonds. The van der Waals surface area contributed by atoms with Crippen LogP contribution in [0.4, 0.5) is 0 Å². The molecule has 0 radical (unpaired) electrons. The third-order valence-corrected chi connectivity index (χ3v) is 4.30. The van der Waals surface area contributed by atoms with E-state index in [0.29, 0.717) is 22.1 Å². The lowest BCUT2D eigenvalue weighted by molar-refractivity contribution is -0.128. The molecule has 0 aromatic heterocycles. The molecule has 0 saturated carbocycles. The fourth-order valence-electron chi connectivity index (χ4n) is 1.87. The summed E-state index contributed by atoms with van der Waals surface area (Å²) in [5.41, 5.74) is 5.09. The first kappa shape index (κ1) is 19.3. The molecule has 1 unspecified atom stereocenters. The molecule has 0 aliphatic carbocycles. The molecule has 2 aromatic rings. The molecular formula is C17H16ClIN2O4. The van der Waals surface area contributed by atoms with Crippen molar-refractivity contribution in [3.8, 4) is 11.5 Å². The Kier molecular flexibility index (Phi) is 6.89. The van der Waals surface area contributed by atoms with Crippen LogP contribution in [0.3, 0.4) is 0 Å². The summed E-state index contributed by atoms with van der Waals surface area (Å²) in [4.78, 5) is 24.1. The van der Waals surface area contributed by atoms with Crippen LogP contribution in [0.2, 0.25) is 5.02 Å². The molecular weight excluding hydrogens is 459 g/mol. The Morgan fingerprint density at radius 3 is 2.40 bits per heavy atom. The van der Waals surface area contributed by atoms with Crippen molar-refractivity contribution >= 4 is 46.0 Å². The van der Waals surface area contributed by atoms with Gasteiger partial charge in [-0.05, 0) is 72.0 Å². The molecule has 6 nitrogen and oxygen atoms in total. The highest BCUT2D eigenvalue weighted by Gasteiger charge is 2.16. The third-order valence-electron chi connectivity index (χ3n) is 3.21. The van der Waals surface area contributed by atoms with Crippen LogP contribution in [0.15, 0.2) is 42.5 Å². The van der Waals surface area contributed by atoms with Gasteiger partial charge in [-0.3, -0.25) is 20.4 Å². The van der Waals surface area contributed by atoms with E-state index in [4.69, 9.17) is 21.1 Å². The summed E-state index contributed by atoms with van der Waals surface area (Å²) in [5, 5.41) is 0.575. The minimum Gasteiger partial charge on any atom is -0.496 e. The number of benzene rings is 2. The number of ether oxygens (including phenoxy) is 2. The molecule has 2 rings (SSSR count). The Morgan fingerprint density at radius 1 is 1.12 bits per heavy atom. The largest absolute Gasteiger partial charge is 0.496 e. The average Bonchev–Trinajstić information content (AvgIpc) is 2.61. The smallest absolute Gasteiger partial charge is 0.279 e. The average molecular weight is 475 g/mol. The minimum absolute atomic E-state index is 0.400. The maximum Gasteiger partial charge on any atom is 0.279 e. The molecule has 0 bridgehead atoms. The number of hydrogen-bond acceptors (Lipinski definition) is 4. The van der Waals surface area contributed by atoms with E-state index < -0.39 is 17.9 Å². The van der Waals surface area contributed by atoms with Crippen molar-refractivity contribution in [2.45, 2.75) is 13.0 Å². The molecule has 2 aromatic carbocycles. The number of amides is 2. The molecule has 25 heavy (non-hydrogen) atoms. The lowest BCUT2D eigenvalue weighted by Crippen LogP contribution is -2.47. The van der Waals surface area contributed by atoms with Crippen molar-refractivity contribution in [1.29, 1.82) is 0 Å². The quantitative estimate of drug-likeness (QED) is 0.516. The van der Waals surface area contributed by atoms with Gasteiger partial charge in [0.25, 0.3) is 11.8 Å². The molecule has 0 heterocycles. The molecule has 8 heteroatoms. The monoisotopic (exact) mass is 474 g/mol. The zero-order valence-electron chi connectivity index (χ0n) is 13.5. The predicted octanol–water partition coefficient (Wildman–Crippen LogP) is 3.18. The van der Waals surface area contributed by atoms with E-state index in [2.05, 4.69) is 33.4 Å². The van der Waals surface area contributed by atoms with Gasteiger partial charge in [0, 0.05) is 10.6 Å². The zero-order valence-corrected chi connectivity index (χ0v) is 16.4. The summed E-state index contributed by atoms with van der Waals surface area (Å²) in [6.45, 7) is 1.58. The highest BCUT2D eigenvalue weighted by Crippen LogP contribution is 2.21. The van der Waals surface area contributed by atoms with E-state index in [1.54, 1.807) is 56.5 Å². The highest BCUT2D eigenvalue weighted by atomic mass is 127. The molecule has 2 N–H and O–H groups in total. The Hall–Kier alpha value is -2.00. The van der Waals surface area contributed by atoms with E-state index in [1.165, 1.54) is 0 Å². The number of hydrogen-bond donors (Lipinski definition) is 2. The second-order valence-corrected chi connectivity index (χ2v) is 6.61. The summed E-state index contributed by atoms with van der Waals surface area (Å²) in [5.74, 6) is 0.258. The fraction of sp³-hybridized carbons (Fsp3) is 0.176. The van der Waals surface area contributed by atoms with Gasteiger partial charge in [0.1, 0.15) is 11.5 Å². The van der Waals surface area contributed by atoms with Crippen LogP contribution in [-0.4, -0.2) is 25.0 Å². The van der Waals surface area contributed by atoms with E-state index >= 15 is 0 Å². The zero-order chi connectivity index (χ0) is 18.4. The number of carbonyl (C=O) groups excluding carboxylic acids is 2. The lowest BCUT2D eigenvalue weighted by Gasteiger charge is -2.15.